The van der Waals surface area contributed by atoms with Gasteiger partial charge in [0.2, 0.25) is 0 Å². The first-order valence-corrected chi connectivity index (χ1v) is 6.46. The highest BCUT2D eigenvalue weighted by molar-refractivity contribution is 5.95. The van der Waals surface area contributed by atoms with E-state index in [9.17, 15) is 4.79 Å². The molecule has 2 unspecified atom stereocenters. The minimum Gasteiger partial charge on any atom is -0.409 e. The summed E-state index contributed by atoms with van der Waals surface area (Å²) in [5, 5.41) is 14.8. The van der Waals surface area contributed by atoms with Crippen molar-refractivity contribution in [1.82, 2.24) is 5.32 Å². The maximum Gasteiger partial charge on any atom is 0.251 e. The number of carbonyl (C=O) groups is 1. The van der Waals surface area contributed by atoms with Crippen molar-refractivity contribution in [3.05, 3.63) is 35.4 Å². The van der Waals surface area contributed by atoms with Crippen molar-refractivity contribution in [1.29, 1.82) is 0 Å². The zero-order chi connectivity index (χ0) is 13.8. The highest BCUT2D eigenvalue weighted by Gasteiger charge is 2.31. The molecule has 5 nitrogen and oxygen atoms in total. The molecule has 19 heavy (non-hydrogen) atoms. The minimum atomic E-state index is -0.105. The molecular formula is C14H19N3O2. The molecule has 1 saturated carbocycles. The quantitative estimate of drug-likeness (QED) is 0.334. The SMILES string of the molecule is Cc1cccc(C(=O)NC2CCCC2C(N)=NO)c1. The number of hydrogen-bond acceptors (Lipinski definition) is 3. The number of nitrogens with one attached hydrogen (secondary N) is 1. The van der Waals surface area contributed by atoms with Gasteiger partial charge in [0.15, 0.2) is 0 Å². The maximum absolute atomic E-state index is 12.2. The van der Waals surface area contributed by atoms with Crippen molar-refractivity contribution in [2.75, 3.05) is 0 Å². The monoisotopic (exact) mass is 261 g/mol. The lowest BCUT2D eigenvalue weighted by Crippen LogP contribution is -2.42. The van der Waals surface area contributed by atoms with Crippen LogP contribution in [0.1, 0.15) is 35.2 Å². The molecule has 0 radical (unpaired) electrons. The largest absolute Gasteiger partial charge is 0.409 e. The molecule has 1 aliphatic rings. The fraction of sp³-hybridized carbons (Fsp3) is 0.429. The molecule has 0 heterocycles. The van der Waals surface area contributed by atoms with Crippen LogP contribution in [0.4, 0.5) is 0 Å². The Hall–Kier alpha value is -2.04. The smallest absolute Gasteiger partial charge is 0.251 e. The van der Waals surface area contributed by atoms with Crippen LogP contribution in [0.2, 0.25) is 0 Å². The normalized spacial score (nSPS) is 23.3. The lowest BCUT2D eigenvalue weighted by Gasteiger charge is -2.19. The molecule has 1 aliphatic carbocycles. The first-order valence-electron chi connectivity index (χ1n) is 6.46. The Labute approximate surface area is 112 Å². The second-order valence-corrected chi connectivity index (χ2v) is 5.01. The lowest BCUT2D eigenvalue weighted by atomic mass is 10.0. The van der Waals surface area contributed by atoms with Crippen molar-refractivity contribution in [3.8, 4) is 0 Å². The molecule has 102 valence electrons. The molecule has 0 aliphatic heterocycles. The summed E-state index contributed by atoms with van der Waals surface area (Å²) in [5.41, 5.74) is 7.35. The van der Waals surface area contributed by atoms with Crippen LogP contribution in [0.25, 0.3) is 0 Å². The van der Waals surface area contributed by atoms with Gasteiger partial charge >= 0.3 is 0 Å². The Bertz CT molecular complexity index is 499. The first-order chi connectivity index (χ1) is 9.11. The van der Waals surface area contributed by atoms with E-state index in [1.54, 1.807) is 6.07 Å². The van der Waals surface area contributed by atoms with Crippen molar-refractivity contribution < 1.29 is 10.0 Å². The first kappa shape index (κ1) is 13.4. The second kappa shape index (κ2) is 5.73. The maximum atomic E-state index is 12.2. The molecule has 2 rings (SSSR count). The van der Waals surface area contributed by atoms with Crippen molar-refractivity contribution in [2.45, 2.75) is 32.2 Å². The molecule has 1 amide bonds. The third-order valence-electron chi connectivity index (χ3n) is 3.61. The van der Waals surface area contributed by atoms with Gasteiger partial charge in [0.05, 0.1) is 0 Å². The predicted molar refractivity (Wildman–Crippen MR) is 73.2 cm³/mol. The third-order valence-corrected chi connectivity index (χ3v) is 3.61. The molecule has 1 fully saturated rings. The standard InChI is InChI=1S/C14H19N3O2/c1-9-4-2-5-10(8-9)14(18)16-12-7-3-6-11(12)13(15)17-19/h2,4-5,8,11-12,19H,3,6-7H2,1H3,(H2,15,17)(H,16,18). The predicted octanol–water partition coefficient (Wildman–Crippen LogP) is 1.64. The number of oxime groups is 1. The Balaban J connectivity index is 2.06. The van der Waals surface area contributed by atoms with E-state index < -0.39 is 0 Å². The summed E-state index contributed by atoms with van der Waals surface area (Å²) >= 11 is 0. The number of aryl methyl sites for hydroxylation is 1. The van der Waals surface area contributed by atoms with E-state index >= 15 is 0 Å². The van der Waals surface area contributed by atoms with E-state index in [0.717, 1.165) is 24.8 Å². The number of amidine groups is 1. The topological polar surface area (TPSA) is 87.7 Å². The number of amides is 1. The van der Waals surface area contributed by atoms with Crippen LogP contribution in [-0.2, 0) is 0 Å². The molecule has 2 atom stereocenters. The van der Waals surface area contributed by atoms with E-state index in [0.29, 0.717) is 5.56 Å². The summed E-state index contributed by atoms with van der Waals surface area (Å²) < 4.78 is 0. The number of nitrogens with zero attached hydrogens (tertiary/aromatic N) is 1. The zero-order valence-electron chi connectivity index (χ0n) is 11.0. The molecule has 1 aromatic rings. The summed E-state index contributed by atoms with van der Waals surface area (Å²) in [6.45, 7) is 1.95. The molecule has 5 heteroatoms. The minimum absolute atomic E-state index is 0.0519. The lowest BCUT2D eigenvalue weighted by molar-refractivity contribution is 0.0933. The summed E-state index contributed by atoms with van der Waals surface area (Å²) in [7, 11) is 0. The van der Waals surface area contributed by atoms with Gasteiger partial charge < -0.3 is 16.3 Å². The van der Waals surface area contributed by atoms with Crippen molar-refractivity contribution in [2.24, 2.45) is 16.8 Å². The van der Waals surface area contributed by atoms with Gasteiger partial charge in [0, 0.05) is 17.5 Å². The average Bonchev–Trinajstić information content (AvgIpc) is 2.86. The van der Waals surface area contributed by atoms with E-state index in [1.165, 1.54) is 0 Å². The fourth-order valence-corrected chi connectivity index (χ4v) is 2.60. The molecule has 1 aromatic carbocycles. The van der Waals surface area contributed by atoms with Crippen molar-refractivity contribution >= 4 is 11.7 Å². The fourth-order valence-electron chi connectivity index (χ4n) is 2.60. The van der Waals surface area contributed by atoms with Gasteiger partial charge in [-0.05, 0) is 31.9 Å². The van der Waals surface area contributed by atoms with Gasteiger partial charge in [0.1, 0.15) is 5.84 Å². The van der Waals surface area contributed by atoms with Crippen LogP contribution < -0.4 is 11.1 Å². The Kier molecular flexibility index (Phi) is 4.04. The zero-order valence-corrected chi connectivity index (χ0v) is 11.0. The Morgan fingerprint density at radius 1 is 1.47 bits per heavy atom. The Morgan fingerprint density at radius 3 is 2.95 bits per heavy atom. The molecule has 0 spiro atoms. The number of benzene rings is 1. The van der Waals surface area contributed by atoms with Gasteiger partial charge in [-0.25, -0.2) is 0 Å². The summed E-state index contributed by atoms with van der Waals surface area (Å²) in [6, 6.07) is 7.40. The highest BCUT2D eigenvalue weighted by atomic mass is 16.4. The summed E-state index contributed by atoms with van der Waals surface area (Å²) in [5.74, 6) is 0.0251. The van der Waals surface area contributed by atoms with Crippen LogP contribution in [0, 0.1) is 12.8 Å². The van der Waals surface area contributed by atoms with Gasteiger partial charge in [-0.1, -0.05) is 29.3 Å². The van der Waals surface area contributed by atoms with E-state index in [-0.39, 0.29) is 23.7 Å². The molecule has 0 saturated heterocycles. The number of rotatable bonds is 3. The Morgan fingerprint density at radius 2 is 2.26 bits per heavy atom. The third kappa shape index (κ3) is 3.05. The van der Waals surface area contributed by atoms with Crippen LogP contribution in [0.15, 0.2) is 29.4 Å². The van der Waals surface area contributed by atoms with Crippen LogP contribution in [0.3, 0.4) is 0 Å². The van der Waals surface area contributed by atoms with E-state index in [1.807, 2.05) is 25.1 Å². The van der Waals surface area contributed by atoms with Gasteiger partial charge in [-0.2, -0.15) is 0 Å². The molecule has 0 bridgehead atoms. The second-order valence-electron chi connectivity index (χ2n) is 5.01. The highest BCUT2D eigenvalue weighted by Crippen LogP contribution is 2.26. The number of nitrogens with two attached hydrogens (primary N) is 1. The summed E-state index contributed by atoms with van der Waals surface area (Å²) in [4.78, 5) is 12.2. The number of carbonyl (C=O) groups excluding carboxylic acids is 1. The van der Waals surface area contributed by atoms with Crippen LogP contribution in [-0.4, -0.2) is 23.0 Å². The van der Waals surface area contributed by atoms with Crippen LogP contribution >= 0.6 is 0 Å². The van der Waals surface area contributed by atoms with Gasteiger partial charge in [-0.15, -0.1) is 0 Å². The van der Waals surface area contributed by atoms with Gasteiger partial charge in [0.25, 0.3) is 5.91 Å². The van der Waals surface area contributed by atoms with E-state index in [2.05, 4.69) is 10.5 Å². The molecular weight excluding hydrogens is 242 g/mol. The van der Waals surface area contributed by atoms with Crippen LogP contribution in [0.5, 0.6) is 0 Å². The van der Waals surface area contributed by atoms with E-state index in [4.69, 9.17) is 10.9 Å². The van der Waals surface area contributed by atoms with Crippen molar-refractivity contribution in [3.63, 3.8) is 0 Å². The molecule has 4 N–H and O–H groups in total. The molecule has 0 aromatic heterocycles. The average molecular weight is 261 g/mol. The van der Waals surface area contributed by atoms with Gasteiger partial charge in [-0.3, -0.25) is 4.79 Å². The number of hydrogen-bond donors (Lipinski definition) is 3. The summed E-state index contributed by atoms with van der Waals surface area (Å²) in [6.07, 6.45) is 2.67.